The van der Waals surface area contributed by atoms with E-state index >= 15 is 0 Å². The molecule has 2 atom stereocenters. The van der Waals surface area contributed by atoms with Crippen molar-refractivity contribution in [2.45, 2.75) is 31.4 Å². The summed E-state index contributed by atoms with van der Waals surface area (Å²) in [5.41, 5.74) is 4.93. The van der Waals surface area contributed by atoms with Crippen LogP contribution in [0.5, 0.6) is 0 Å². The molecular formula is C14H18ClFN2O2. The van der Waals surface area contributed by atoms with Crippen LogP contribution >= 0.6 is 11.6 Å². The number of primary amides is 1. The Hall–Kier alpha value is -1.17. The molecular weight excluding hydrogens is 283 g/mol. The lowest BCUT2D eigenvalue weighted by molar-refractivity contribution is -0.124. The summed E-state index contributed by atoms with van der Waals surface area (Å²) in [4.78, 5) is 11.8. The lowest BCUT2D eigenvalue weighted by atomic mass is 9.91. The zero-order valence-electron chi connectivity index (χ0n) is 11.3. The Labute approximate surface area is 122 Å². The maximum absolute atomic E-state index is 13.2. The van der Waals surface area contributed by atoms with E-state index in [0.29, 0.717) is 12.1 Å². The third-order valence-corrected chi connectivity index (χ3v) is 3.99. The van der Waals surface area contributed by atoms with E-state index < -0.39 is 17.3 Å². The van der Waals surface area contributed by atoms with Crippen LogP contribution in [0, 0.1) is 5.82 Å². The molecule has 2 rings (SSSR count). The fourth-order valence-corrected chi connectivity index (χ4v) is 2.44. The molecule has 0 aromatic heterocycles. The number of amides is 1. The second-order valence-corrected chi connectivity index (χ2v) is 5.54. The smallest absolute Gasteiger partial charge is 0.242 e. The first-order chi connectivity index (χ1) is 9.43. The van der Waals surface area contributed by atoms with Crippen LogP contribution in [-0.4, -0.2) is 25.2 Å². The molecule has 1 aromatic carbocycles. The van der Waals surface area contributed by atoms with E-state index in [1.54, 1.807) is 6.92 Å². The Morgan fingerprint density at radius 3 is 2.95 bits per heavy atom. The molecule has 2 unspecified atom stereocenters. The number of ether oxygens (including phenoxy) is 1. The number of rotatable bonds is 5. The van der Waals surface area contributed by atoms with Gasteiger partial charge in [-0.1, -0.05) is 17.7 Å². The molecule has 0 radical (unpaired) electrons. The minimum atomic E-state index is -1.11. The molecule has 1 fully saturated rings. The monoisotopic (exact) mass is 300 g/mol. The third kappa shape index (κ3) is 3.11. The molecule has 1 aliphatic rings. The summed E-state index contributed by atoms with van der Waals surface area (Å²) >= 11 is 5.77. The molecule has 0 aliphatic carbocycles. The number of halogens is 2. The molecule has 110 valence electrons. The number of benzene rings is 1. The van der Waals surface area contributed by atoms with Gasteiger partial charge < -0.3 is 10.5 Å². The molecule has 3 N–H and O–H groups in total. The first-order valence-corrected chi connectivity index (χ1v) is 6.93. The van der Waals surface area contributed by atoms with Gasteiger partial charge in [0.05, 0.1) is 11.1 Å². The van der Waals surface area contributed by atoms with E-state index in [1.165, 1.54) is 18.2 Å². The van der Waals surface area contributed by atoms with Gasteiger partial charge in [0.2, 0.25) is 5.91 Å². The van der Waals surface area contributed by atoms with E-state index in [9.17, 15) is 9.18 Å². The van der Waals surface area contributed by atoms with E-state index in [0.717, 1.165) is 19.4 Å². The van der Waals surface area contributed by atoms with Gasteiger partial charge in [-0.2, -0.15) is 0 Å². The highest BCUT2D eigenvalue weighted by molar-refractivity contribution is 6.30. The van der Waals surface area contributed by atoms with Gasteiger partial charge in [0.1, 0.15) is 11.4 Å². The van der Waals surface area contributed by atoms with Gasteiger partial charge in [0.25, 0.3) is 0 Å². The van der Waals surface area contributed by atoms with Crippen molar-refractivity contribution in [3.63, 3.8) is 0 Å². The largest absolute Gasteiger partial charge is 0.377 e. The van der Waals surface area contributed by atoms with Crippen LogP contribution in [0.1, 0.15) is 25.3 Å². The summed E-state index contributed by atoms with van der Waals surface area (Å²) in [6.07, 6.45) is 2.04. The van der Waals surface area contributed by atoms with Crippen molar-refractivity contribution in [3.05, 3.63) is 34.6 Å². The van der Waals surface area contributed by atoms with E-state index in [1.807, 2.05) is 0 Å². The number of carbonyl (C=O) groups is 1. The molecule has 0 saturated carbocycles. The highest BCUT2D eigenvalue weighted by Crippen LogP contribution is 2.26. The molecule has 1 heterocycles. The van der Waals surface area contributed by atoms with Crippen molar-refractivity contribution in [3.8, 4) is 0 Å². The lowest BCUT2D eigenvalue weighted by Crippen LogP contribution is -2.52. The standard InChI is InChI=1S/C14H18ClFN2O2/c1-14(13(17)19,18-8-10-3-2-6-20-10)9-4-5-12(16)11(15)7-9/h4-5,7,10,18H,2-3,6,8H2,1H3,(H2,17,19). The Morgan fingerprint density at radius 1 is 1.65 bits per heavy atom. The highest BCUT2D eigenvalue weighted by atomic mass is 35.5. The molecule has 1 aliphatic heterocycles. The Morgan fingerprint density at radius 2 is 2.40 bits per heavy atom. The summed E-state index contributed by atoms with van der Waals surface area (Å²) in [5, 5.41) is 3.09. The maximum Gasteiger partial charge on any atom is 0.242 e. The summed E-state index contributed by atoms with van der Waals surface area (Å²) in [7, 11) is 0. The van der Waals surface area contributed by atoms with Crippen molar-refractivity contribution >= 4 is 17.5 Å². The number of nitrogens with one attached hydrogen (secondary N) is 1. The van der Waals surface area contributed by atoms with Gasteiger partial charge in [0, 0.05) is 13.2 Å². The second-order valence-electron chi connectivity index (χ2n) is 5.13. The van der Waals surface area contributed by atoms with Gasteiger partial charge in [0.15, 0.2) is 0 Å². The van der Waals surface area contributed by atoms with Crippen molar-refractivity contribution in [2.24, 2.45) is 5.73 Å². The summed E-state index contributed by atoms with van der Waals surface area (Å²) < 4.78 is 18.7. The van der Waals surface area contributed by atoms with Crippen molar-refractivity contribution in [2.75, 3.05) is 13.2 Å². The minimum absolute atomic E-state index is 0.0334. The zero-order chi connectivity index (χ0) is 14.8. The fraction of sp³-hybridized carbons (Fsp3) is 0.500. The predicted molar refractivity (Wildman–Crippen MR) is 74.9 cm³/mol. The Kier molecular flexibility index (Phi) is 4.62. The predicted octanol–water partition coefficient (Wildman–Crippen LogP) is 1.95. The van der Waals surface area contributed by atoms with E-state index in [4.69, 9.17) is 22.1 Å². The number of nitrogens with two attached hydrogens (primary N) is 1. The van der Waals surface area contributed by atoms with Crippen LogP contribution in [0.3, 0.4) is 0 Å². The maximum atomic E-state index is 13.2. The van der Waals surface area contributed by atoms with Crippen LogP contribution in [0.25, 0.3) is 0 Å². The van der Waals surface area contributed by atoms with Gasteiger partial charge in [-0.25, -0.2) is 4.39 Å². The molecule has 1 aromatic rings. The molecule has 0 spiro atoms. The first-order valence-electron chi connectivity index (χ1n) is 6.55. The Bertz CT molecular complexity index is 506. The minimum Gasteiger partial charge on any atom is -0.377 e. The zero-order valence-corrected chi connectivity index (χ0v) is 12.0. The van der Waals surface area contributed by atoms with Crippen molar-refractivity contribution in [1.82, 2.24) is 5.32 Å². The highest BCUT2D eigenvalue weighted by Gasteiger charge is 2.34. The van der Waals surface area contributed by atoms with Gasteiger partial charge in [-0.3, -0.25) is 10.1 Å². The van der Waals surface area contributed by atoms with Crippen LogP contribution < -0.4 is 11.1 Å². The van der Waals surface area contributed by atoms with Gasteiger partial charge >= 0.3 is 0 Å². The number of hydrogen-bond acceptors (Lipinski definition) is 3. The molecule has 1 amide bonds. The molecule has 6 heteroatoms. The van der Waals surface area contributed by atoms with Crippen LogP contribution in [0.4, 0.5) is 4.39 Å². The quantitative estimate of drug-likeness (QED) is 0.873. The average Bonchev–Trinajstić information content (AvgIpc) is 2.92. The molecule has 4 nitrogen and oxygen atoms in total. The molecule has 1 saturated heterocycles. The summed E-state index contributed by atoms with van der Waals surface area (Å²) in [6.45, 7) is 2.91. The average molecular weight is 301 g/mol. The lowest BCUT2D eigenvalue weighted by Gasteiger charge is -2.29. The van der Waals surface area contributed by atoms with Gasteiger partial charge in [-0.05, 0) is 37.5 Å². The van der Waals surface area contributed by atoms with E-state index in [-0.39, 0.29) is 11.1 Å². The van der Waals surface area contributed by atoms with Crippen LogP contribution in [-0.2, 0) is 15.1 Å². The number of carbonyl (C=O) groups excluding carboxylic acids is 1. The van der Waals surface area contributed by atoms with Crippen LogP contribution in [0.15, 0.2) is 18.2 Å². The normalized spacial score (nSPS) is 21.6. The summed E-state index contributed by atoms with van der Waals surface area (Å²) in [5.74, 6) is -1.07. The Balaban J connectivity index is 2.18. The third-order valence-electron chi connectivity index (χ3n) is 3.70. The van der Waals surface area contributed by atoms with Crippen molar-refractivity contribution in [1.29, 1.82) is 0 Å². The molecule has 0 bridgehead atoms. The number of hydrogen-bond donors (Lipinski definition) is 2. The second kappa shape index (κ2) is 6.08. The fourth-order valence-electron chi connectivity index (χ4n) is 2.26. The summed E-state index contributed by atoms with van der Waals surface area (Å²) in [6, 6.07) is 4.16. The first kappa shape index (κ1) is 15.2. The van der Waals surface area contributed by atoms with E-state index in [2.05, 4.69) is 5.32 Å². The van der Waals surface area contributed by atoms with Crippen LogP contribution in [0.2, 0.25) is 5.02 Å². The van der Waals surface area contributed by atoms with Crippen molar-refractivity contribution < 1.29 is 13.9 Å². The SMILES string of the molecule is CC(NCC1CCCO1)(C(N)=O)c1ccc(F)c(Cl)c1. The van der Waals surface area contributed by atoms with Gasteiger partial charge in [-0.15, -0.1) is 0 Å². The topological polar surface area (TPSA) is 64.3 Å². The molecule has 20 heavy (non-hydrogen) atoms.